The summed E-state index contributed by atoms with van der Waals surface area (Å²) in [6.07, 6.45) is 7.51. The lowest BCUT2D eigenvalue weighted by molar-refractivity contribution is 0.273. The highest BCUT2D eigenvalue weighted by Gasteiger charge is 2.19. The number of anilines is 1. The van der Waals surface area contributed by atoms with Gasteiger partial charge >= 0.3 is 0 Å². The summed E-state index contributed by atoms with van der Waals surface area (Å²) in [7, 11) is 0. The van der Waals surface area contributed by atoms with Crippen LogP contribution in [0.3, 0.4) is 0 Å². The van der Waals surface area contributed by atoms with Crippen molar-refractivity contribution >= 4 is 32.7 Å². The highest BCUT2D eigenvalue weighted by Crippen LogP contribution is 2.28. The first-order chi connectivity index (χ1) is 16.5. The molecule has 9 heteroatoms. The Bertz CT molecular complexity index is 1510. The van der Waals surface area contributed by atoms with Gasteiger partial charge in [0.15, 0.2) is 0 Å². The van der Waals surface area contributed by atoms with Gasteiger partial charge in [-0.15, -0.1) is 0 Å². The van der Waals surface area contributed by atoms with Gasteiger partial charge in [-0.3, -0.25) is 4.79 Å². The topological polar surface area (TPSA) is 112 Å². The minimum atomic E-state index is -0.293. The third kappa shape index (κ3) is 4.27. The number of pyridine rings is 1. The number of benzene rings is 2. The maximum Gasteiger partial charge on any atom is 0.261 e. The molecule has 0 saturated heterocycles. The molecular weight excluding hydrogens is 496 g/mol. The van der Waals surface area contributed by atoms with Gasteiger partial charge in [-0.05, 0) is 48.7 Å². The standard InChI is InChI=1S/C25H23BrN6O2/c1-15-10-18(32-9-8-27-14-32)12-21-23(15)31-24(30-21)22-20(6-7-28-25(22)34)29-17(13-33)11-16-4-2-3-5-19(16)26/h2-10,12,14,17,33H,11,13H2,1H3,(H,30,31)(H2,28,29,34). The van der Waals surface area contributed by atoms with Gasteiger partial charge in [-0.1, -0.05) is 34.1 Å². The number of aliphatic hydroxyl groups excluding tert-OH is 1. The summed E-state index contributed by atoms with van der Waals surface area (Å²) in [5, 5.41) is 13.4. The lowest BCUT2D eigenvalue weighted by atomic mass is 10.1. The number of aromatic nitrogens is 5. The van der Waals surface area contributed by atoms with Crippen molar-refractivity contribution in [3.63, 3.8) is 0 Å². The van der Waals surface area contributed by atoms with E-state index in [0.29, 0.717) is 23.5 Å². The monoisotopic (exact) mass is 518 g/mol. The molecule has 0 bridgehead atoms. The van der Waals surface area contributed by atoms with Crippen molar-refractivity contribution in [2.75, 3.05) is 11.9 Å². The highest BCUT2D eigenvalue weighted by molar-refractivity contribution is 9.10. The van der Waals surface area contributed by atoms with Crippen molar-refractivity contribution in [2.45, 2.75) is 19.4 Å². The van der Waals surface area contributed by atoms with Crippen molar-refractivity contribution in [2.24, 2.45) is 0 Å². The van der Waals surface area contributed by atoms with Gasteiger partial charge in [0.2, 0.25) is 0 Å². The number of aryl methyl sites for hydroxylation is 1. The fraction of sp³-hybridized carbons (Fsp3) is 0.160. The molecule has 0 spiro atoms. The molecule has 1 atom stereocenters. The summed E-state index contributed by atoms with van der Waals surface area (Å²) in [6, 6.07) is 13.4. The maximum absolute atomic E-state index is 12.9. The second-order valence-corrected chi connectivity index (χ2v) is 8.98. The number of imidazole rings is 2. The second kappa shape index (κ2) is 9.28. The third-order valence-corrected chi connectivity index (χ3v) is 6.54. The molecule has 3 heterocycles. The van der Waals surface area contributed by atoms with Crippen molar-refractivity contribution in [3.8, 4) is 17.1 Å². The number of halogens is 1. The molecule has 4 N–H and O–H groups in total. The van der Waals surface area contributed by atoms with Crippen molar-refractivity contribution in [1.29, 1.82) is 0 Å². The fourth-order valence-corrected chi connectivity index (χ4v) is 4.54. The summed E-state index contributed by atoms with van der Waals surface area (Å²) in [6.45, 7) is 1.89. The van der Waals surface area contributed by atoms with E-state index in [2.05, 4.69) is 36.2 Å². The van der Waals surface area contributed by atoms with Gasteiger partial charge < -0.3 is 25.0 Å². The molecular formula is C25H23BrN6O2. The van der Waals surface area contributed by atoms with Gasteiger partial charge in [-0.2, -0.15) is 0 Å². The van der Waals surface area contributed by atoms with Crippen LogP contribution in [0.25, 0.3) is 28.1 Å². The fourth-order valence-electron chi connectivity index (χ4n) is 4.10. The quantitative estimate of drug-likeness (QED) is 0.258. The average Bonchev–Trinajstić information content (AvgIpc) is 3.50. The molecule has 172 valence electrons. The Morgan fingerprint density at radius 2 is 2.09 bits per heavy atom. The van der Waals surface area contributed by atoms with Crippen molar-refractivity contribution in [1.82, 2.24) is 24.5 Å². The van der Waals surface area contributed by atoms with Crippen LogP contribution in [0, 0.1) is 6.92 Å². The number of hydrogen-bond donors (Lipinski definition) is 4. The molecule has 0 radical (unpaired) electrons. The van der Waals surface area contributed by atoms with E-state index >= 15 is 0 Å². The van der Waals surface area contributed by atoms with Gasteiger partial charge in [-0.25, -0.2) is 9.97 Å². The lowest BCUT2D eigenvalue weighted by Crippen LogP contribution is -2.28. The molecule has 5 rings (SSSR count). The zero-order valence-corrected chi connectivity index (χ0v) is 20.0. The number of H-pyrrole nitrogens is 2. The van der Waals surface area contributed by atoms with Gasteiger partial charge in [0.1, 0.15) is 11.4 Å². The zero-order valence-electron chi connectivity index (χ0n) is 18.4. The van der Waals surface area contributed by atoms with Crippen LogP contribution in [-0.2, 0) is 6.42 Å². The van der Waals surface area contributed by atoms with Crippen LogP contribution in [0.4, 0.5) is 5.69 Å². The number of aliphatic hydroxyl groups is 1. The number of rotatable bonds is 7. The van der Waals surface area contributed by atoms with E-state index in [9.17, 15) is 9.90 Å². The summed E-state index contributed by atoms with van der Waals surface area (Å²) in [5.41, 5.74) is 5.33. The Labute approximate surface area is 203 Å². The van der Waals surface area contributed by atoms with Crippen molar-refractivity contribution in [3.05, 3.63) is 93.3 Å². The van der Waals surface area contributed by atoms with E-state index in [1.54, 1.807) is 24.8 Å². The first-order valence-electron chi connectivity index (χ1n) is 10.8. The molecule has 0 aliphatic carbocycles. The molecule has 2 aromatic carbocycles. The Morgan fingerprint density at radius 3 is 2.85 bits per heavy atom. The van der Waals surface area contributed by atoms with Crippen LogP contribution < -0.4 is 10.9 Å². The average molecular weight is 519 g/mol. The molecule has 1 unspecified atom stereocenters. The molecule has 3 aromatic heterocycles. The van der Waals surface area contributed by atoms with E-state index in [1.165, 1.54) is 0 Å². The highest BCUT2D eigenvalue weighted by atomic mass is 79.9. The number of nitrogens with zero attached hydrogens (tertiary/aromatic N) is 3. The Balaban J connectivity index is 1.53. The molecule has 34 heavy (non-hydrogen) atoms. The van der Waals surface area contributed by atoms with E-state index in [0.717, 1.165) is 32.3 Å². The van der Waals surface area contributed by atoms with Crippen LogP contribution in [0.1, 0.15) is 11.1 Å². The first-order valence-corrected chi connectivity index (χ1v) is 11.6. The number of nitrogens with one attached hydrogen (secondary N) is 3. The molecule has 0 amide bonds. The van der Waals surface area contributed by atoms with E-state index < -0.39 is 0 Å². The maximum atomic E-state index is 12.9. The van der Waals surface area contributed by atoms with E-state index in [-0.39, 0.29) is 18.2 Å². The molecule has 0 aliphatic rings. The summed E-state index contributed by atoms with van der Waals surface area (Å²) >= 11 is 3.56. The summed E-state index contributed by atoms with van der Waals surface area (Å²) < 4.78 is 2.89. The summed E-state index contributed by atoms with van der Waals surface area (Å²) in [4.78, 5) is 27.8. The molecule has 0 aliphatic heterocycles. The normalized spacial score (nSPS) is 12.2. The van der Waals surface area contributed by atoms with Crippen molar-refractivity contribution < 1.29 is 5.11 Å². The minimum Gasteiger partial charge on any atom is -0.394 e. The van der Waals surface area contributed by atoms with E-state index in [4.69, 9.17) is 4.98 Å². The number of fused-ring (bicyclic) bond motifs is 1. The second-order valence-electron chi connectivity index (χ2n) is 8.13. The SMILES string of the molecule is Cc1cc(-n2ccnc2)cc2[nH]c(-c3c(NC(CO)Cc4ccccc4Br)cc[nH]c3=O)nc12. The van der Waals surface area contributed by atoms with Crippen LogP contribution >= 0.6 is 15.9 Å². The first kappa shape index (κ1) is 22.1. The smallest absolute Gasteiger partial charge is 0.261 e. The molecule has 0 fully saturated rings. The predicted molar refractivity (Wildman–Crippen MR) is 136 cm³/mol. The Kier molecular flexibility index (Phi) is 6.04. The Hall–Kier alpha value is -3.69. The Morgan fingerprint density at radius 1 is 1.24 bits per heavy atom. The third-order valence-electron chi connectivity index (χ3n) is 5.77. The molecule has 0 saturated carbocycles. The zero-order chi connectivity index (χ0) is 23.7. The van der Waals surface area contributed by atoms with Gasteiger partial charge in [0.05, 0.1) is 35.7 Å². The van der Waals surface area contributed by atoms with Crippen LogP contribution in [0.5, 0.6) is 0 Å². The number of aromatic amines is 2. The largest absolute Gasteiger partial charge is 0.394 e. The predicted octanol–water partition coefficient (Wildman–Crippen LogP) is 4.19. The minimum absolute atomic E-state index is 0.0962. The van der Waals surface area contributed by atoms with E-state index in [1.807, 2.05) is 54.1 Å². The number of hydrogen-bond acceptors (Lipinski definition) is 5. The van der Waals surface area contributed by atoms with Crippen LogP contribution in [0.15, 0.2) is 76.6 Å². The molecule has 8 nitrogen and oxygen atoms in total. The lowest BCUT2D eigenvalue weighted by Gasteiger charge is -2.19. The van der Waals surface area contributed by atoms with Crippen LogP contribution in [0.2, 0.25) is 0 Å². The van der Waals surface area contributed by atoms with Crippen LogP contribution in [-0.4, -0.2) is 42.3 Å². The molecule has 5 aromatic rings. The van der Waals surface area contributed by atoms with Gasteiger partial charge in [0, 0.05) is 28.8 Å². The van der Waals surface area contributed by atoms with Gasteiger partial charge in [0.25, 0.3) is 5.56 Å². The summed E-state index contributed by atoms with van der Waals surface area (Å²) in [5.74, 6) is 0.461.